The van der Waals surface area contributed by atoms with E-state index in [0.29, 0.717) is 6.42 Å². The first-order valence-electron chi connectivity index (χ1n) is 4.99. The molecule has 0 bridgehead atoms. The van der Waals surface area contributed by atoms with Gasteiger partial charge in [0, 0.05) is 11.8 Å². The molecule has 0 amide bonds. The summed E-state index contributed by atoms with van der Waals surface area (Å²) in [4.78, 5) is 13.5. The first kappa shape index (κ1) is 16.8. The molecular formula is C10H22O5. The number of hydrogen-bond donors (Lipinski definition) is 3. The quantitative estimate of drug-likeness (QED) is 0.480. The lowest BCUT2D eigenvalue weighted by Crippen LogP contribution is -2.20. The fourth-order valence-corrected chi connectivity index (χ4v) is 0.417. The summed E-state index contributed by atoms with van der Waals surface area (Å²) in [6, 6.07) is 0. The van der Waals surface area contributed by atoms with E-state index in [0.717, 1.165) is 12.8 Å². The smallest absolute Gasteiger partial charge is 0.342 e. The minimum Gasteiger partial charge on any atom is -0.396 e. The van der Waals surface area contributed by atoms with E-state index in [4.69, 9.17) is 15.5 Å². The molecule has 0 heterocycles. The summed E-state index contributed by atoms with van der Waals surface area (Å²) in [5.41, 5.74) is -0.306. The van der Waals surface area contributed by atoms with Gasteiger partial charge in [0.25, 0.3) is 0 Å². The lowest BCUT2D eigenvalue weighted by molar-refractivity contribution is -0.234. The van der Waals surface area contributed by atoms with Gasteiger partial charge in [-0.25, -0.2) is 4.79 Å². The van der Waals surface area contributed by atoms with E-state index < -0.39 is 5.97 Å². The molecule has 0 aromatic carbocycles. The third-order valence-corrected chi connectivity index (χ3v) is 1.69. The molecule has 5 nitrogen and oxygen atoms in total. The Kier molecular flexibility index (Phi) is 11.1. The van der Waals surface area contributed by atoms with Crippen LogP contribution in [-0.2, 0) is 9.68 Å². The first-order valence-corrected chi connectivity index (χ1v) is 4.99. The van der Waals surface area contributed by atoms with Crippen LogP contribution < -0.4 is 0 Å². The number of unbranched alkanes of at least 4 members (excludes halogenated alkanes) is 1. The number of aliphatic hydroxyl groups is 2. The summed E-state index contributed by atoms with van der Waals surface area (Å²) in [6.45, 7) is 5.65. The van der Waals surface area contributed by atoms with Crippen molar-refractivity contribution < 1.29 is 25.2 Å². The average Bonchev–Trinajstić information content (AvgIpc) is 2.26. The molecule has 15 heavy (non-hydrogen) atoms. The van der Waals surface area contributed by atoms with E-state index in [1.165, 1.54) is 0 Å². The van der Waals surface area contributed by atoms with Crippen molar-refractivity contribution in [2.24, 2.45) is 5.41 Å². The van der Waals surface area contributed by atoms with Crippen LogP contribution in [0.3, 0.4) is 0 Å². The van der Waals surface area contributed by atoms with Crippen LogP contribution in [0, 0.1) is 5.41 Å². The Morgan fingerprint density at radius 2 is 1.73 bits per heavy atom. The average molecular weight is 222 g/mol. The Hall–Kier alpha value is -0.650. The molecule has 0 fully saturated rings. The Balaban J connectivity index is 0. The maximum atomic E-state index is 10.1. The number of hydrogen-bond acceptors (Lipinski definition) is 5. The van der Waals surface area contributed by atoms with Crippen molar-refractivity contribution in [3.63, 3.8) is 0 Å². The van der Waals surface area contributed by atoms with Crippen LogP contribution in [-0.4, -0.2) is 34.7 Å². The highest BCUT2D eigenvalue weighted by molar-refractivity contribution is 5.68. The molecule has 0 rings (SSSR count). The Bertz CT molecular complexity index is 150. The van der Waals surface area contributed by atoms with Gasteiger partial charge in [0.2, 0.25) is 0 Å². The van der Waals surface area contributed by atoms with E-state index >= 15 is 0 Å². The van der Waals surface area contributed by atoms with E-state index in [-0.39, 0.29) is 18.6 Å². The van der Waals surface area contributed by atoms with Crippen molar-refractivity contribution in [1.29, 1.82) is 0 Å². The standard InChI is InChI=1S/C5H10O3.C5H12O2/c1-2-3-4-5(6)8-7;1-5(2,3-6)4-7/h7H,2-4H2,1H3;6-7H,3-4H2,1-2H3. The highest BCUT2D eigenvalue weighted by atomic mass is 17.1. The van der Waals surface area contributed by atoms with Crippen LogP contribution in [0.5, 0.6) is 0 Å². The van der Waals surface area contributed by atoms with Gasteiger partial charge in [-0.05, 0) is 6.42 Å². The fourth-order valence-electron chi connectivity index (χ4n) is 0.417. The second-order valence-electron chi connectivity index (χ2n) is 4.05. The van der Waals surface area contributed by atoms with Crippen molar-refractivity contribution in [2.75, 3.05) is 13.2 Å². The first-order chi connectivity index (χ1) is 6.93. The molecule has 0 radical (unpaired) electrons. The highest BCUT2D eigenvalue weighted by Gasteiger charge is 2.13. The maximum Gasteiger partial charge on any atom is 0.342 e. The summed E-state index contributed by atoms with van der Waals surface area (Å²) >= 11 is 0. The monoisotopic (exact) mass is 222 g/mol. The van der Waals surface area contributed by atoms with Crippen LogP contribution in [0.15, 0.2) is 0 Å². The summed E-state index contributed by atoms with van der Waals surface area (Å²) in [5, 5.41) is 24.6. The summed E-state index contributed by atoms with van der Waals surface area (Å²) in [5.74, 6) is -0.549. The van der Waals surface area contributed by atoms with Gasteiger partial charge in [-0.15, -0.1) is 0 Å². The molecule has 0 unspecified atom stereocenters. The summed E-state index contributed by atoms with van der Waals surface area (Å²) in [7, 11) is 0. The van der Waals surface area contributed by atoms with Crippen molar-refractivity contribution in [3.05, 3.63) is 0 Å². The minimum atomic E-state index is -0.549. The van der Waals surface area contributed by atoms with Gasteiger partial charge in [0.05, 0.1) is 13.2 Å². The van der Waals surface area contributed by atoms with Crippen LogP contribution in [0.1, 0.15) is 40.0 Å². The number of carbonyl (C=O) groups is 1. The Labute approximate surface area is 90.6 Å². The minimum absolute atomic E-state index is 0.0451. The van der Waals surface area contributed by atoms with Crippen LogP contribution in [0.4, 0.5) is 0 Å². The summed E-state index contributed by atoms with van der Waals surface area (Å²) < 4.78 is 0. The Morgan fingerprint density at radius 1 is 1.27 bits per heavy atom. The van der Waals surface area contributed by atoms with Gasteiger partial charge in [-0.3, -0.25) is 0 Å². The molecule has 0 aliphatic rings. The summed E-state index contributed by atoms with van der Waals surface area (Å²) in [6.07, 6.45) is 2.03. The maximum absolute atomic E-state index is 10.1. The van der Waals surface area contributed by atoms with Gasteiger partial charge in [0.1, 0.15) is 0 Å². The molecule has 0 aliphatic carbocycles. The van der Waals surface area contributed by atoms with E-state index in [2.05, 4.69) is 4.89 Å². The van der Waals surface area contributed by atoms with Crippen LogP contribution in [0.25, 0.3) is 0 Å². The third-order valence-electron chi connectivity index (χ3n) is 1.69. The second kappa shape index (κ2) is 9.89. The molecule has 0 aliphatic heterocycles. The molecule has 5 heteroatoms. The lowest BCUT2D eigenvalue weighted by atomic mass is 9.97. The lowest BCUT2D eigenvalue weighted by Gasteiger charge is -2.16. The molecule has 92 valence electrons. The van der Waals surface area contributed by atoms with Crippen molar-refractivity contribution >= 4 is 5.97 Å². The SMILES string of the molecule is CC(C)(CO)CO.CCCCC(=O)OO. The predicted molar refractivity (Wildman–Crippen MR) is 56.2 cm³/mol. The molecule has 0 saturated heterocycles. The van der Waals surface area contributed by atoms with Crippen LogP contribution in [0.2, 0.25) is 0 Å². The van der Waals surface area contributed by atoms with Gasteiger partial charge < -0.3 is 15.1 Å². The molecule has 0 spiro atoms. The zero-order chi connectivity index (χ0) is 12.3. The molecular weight excluding hydrogens is 200 g/mol. The number of rotatable bonds is 5. The topological polar surface area (TPSA) is 87.0 Å². The normalized spacial score (nSPS) is 10.3. The fraction of sp³-hybridized carbons (Fsp3) is 0.900. The van der Waals surface area contributed by atoms with Gasteiger partial charge >= 0.3 is 5.97 Å². The van der Waals surface area contributed by atoms with Crippen molar-refractivity contribution in [3.8, 4) is 0 Å². The van der Waals surface area contributed by atoms with Gasteiger partial charge in [-0.1, -0.05) is 27.2 Å². The molecule has 3 N–H and O–H groups in total. The van der Waals surface area contributed by atoms with Gasteiger partial charge in [-0.2, -0.15) is 5.26 Å². The molecule has 0 saturated carbocycles. The van der Waals surface area contributed by atoms with Crippen LogP contribution >= 0.6 is 0 Å². The number of aliphatic hydroxyl groups excluding tert-OH is 2. The molecule has 0 aromatic heterocycles. The van der Waals surface area contributed by atoms with Gasteiger partial charge in [0.15, 0.2) is 0 Å². The third kappa shape index (κ3) is 13.3. The largest absolute Gasteiger partial charge is 0.396 e. The van der Waals surface area contributed by atoms with Crippen molar-refractivity contribution in [2.45, 2.75) is 40.0 Å². The highest BCUT2D eigenvalue weighted by Crippen LogP contribution is 2.10. The zero-order valence-corrected chi connectivity index (χ0v) is 9.69. The zero-order valence-electron chi connectivity index (χ0n) is 9.69. The molecule has 0 atom stereocenters. The predicted octanol–water partition coefficient (Wildman–Crippen LogP) is 1.19. The van der Waals surface area contributed by atoms with E-state index in [1.54, 1.807) is 13.8 Å². The molecule has 0 aromatic rings. The van der Waals surface area contributed by atoms with Crippen molar-refractivity contribution in [1.82, 2.24) is 0 Å². The van der Waals surface area contributed by atoms with E-state index in [9.17, 15) is 4.79 Å². The van der Waals surface area contributed by atoms with E-state index in [1.807, 2.05) is 6.92 Å². The number of carbonyl (C=O) groups excluding carboxylic acids is 1. The Morgan fingerprint density at radius 3 is 1.93 bits per heavy atom. The second-order valence-corrected chi connectivity index (χ2v) is 4.05.